The lowest BCUT2D eigenvalue weighted by Gasteiger charge is -1.95. The van der Waals surface area contributed by atoms with Crippen molar-refractivity contribution in [1.29, 1.82) is 0 Å². The maximum atomic E-state index is 10.9. The third-order valence-corrected chi connectivity index (χ3v) is 2.47. The summed E-state index contributed by atoms with van der Waals surface area (Å²) in [5, 5.41) is 1.82. The van der Waals surface area contributed by atoms with Crippen LogP contribution in [0, 0.1) is 0 Å². The first-order valence-electron chi connectivity index (χ1n) is 2.97. The first kappa shape index (κ1) is 7.88. The van der Waals surface area contributed by atoms with E-state index in [1.54, 1.807) is 16.3 Å². The molecule has 0 atom stereocenters. The summed E-state index contributed by atoms with van der Waals surface area (Å²) in [6.45, 7) is 0.837. The van der Waals surface area contributed by atoms with Gasteiger partial charge in [0.15, 0.2) is 0 Å². The number of aromatic nitrogens is 1. The first-order chi connectivity index (χ1) is 4.84. The van der Waals surface area contributed by atoms with Crippen molar-refractivity contribution in [3.8, 4) is 0 Å². The van der Waals surface area contributed by atoms with Crippen LogP contribution in [0.1, 0.15) is 0 Å². The van der Waals surface area contributed by atoms with Gasteiger partial charge in [0.25, 0.3) is 0 Å². The smallest absolute Gasteiger partial charge is 0.305 e. The zero-order valence-corrected chi connectivity index (χ0v) is 7.37. The van der Waals surface area contributed by atoms with E-state index in [0.717, 1.165) is 12.3 Å². The van der Waals surface area contributed by atoms with Crippen LogP contribution in [0.5, 0.6) is 0 Å². The topological polar surface area (TPSA) is 22.0 Å². The molecule has 0 saturated heterocycles. The number of aryl methyl sites for hydroxylation is 1. The van der Waals surface area contributed by atoms with Crippen LogP contribution in [0.2, 0.25) is 0 Å². The van der Waals surface area contributed by atoms with Crippen LogP contribution in [-0.4, -0.2) is 16.6 Å². The Labute approximate surface area is 67.9 Å². The highest BCUT2D eigenvalue weighted by Gasteiger charge is 1.93. The molecule has 4 heteroatoms. The molecule has 1 heterocycles. The number of hydrogen-bond donors (Lipinski definition) is 0. The van der Waals surface area contributed by atoms with Crippen molar-refractivity contribution in [3.05, 3.63) is 21.2 Å². The van der Waals surface area contributed by atoms with E-state index in [9.17, 15) is 4.79 Å². The third kappa shape index (κ3) is 1.88. The van der Waals surface area contributed by atoms with Crippen molar-refractivity contribution in [3.63, 3.8) is 0 Å². The van der Waals surface area contributed by atoms with Crippen LogP contribution in [-0.2, 0) is 6.54 Å². The Bertz CT molecular complexity index is 240. The number of thiazole rings is 1. The van der Waals surface area contributed by atoms with Gasteiger partial charge < -0.3 is 4.57 Å². The summed E-state index contributed by atoms with van der Waals surface area (Å²) in [6, 6.07) is 0. The molecule has 10 heavy (non-hydrogen) atoms. The molecule has 0 N–H and O–H groups in total. The van der Waals surface area contributed by atoms with Gasteiger partial charge in [-0.3, -0.25) is 4.79 Å². The molecule has 1 aromatic heterocycles. The highest BCUT2D eigenvalue weighted by molar-refractivity contribution is 7.98. The maximum Gasteiger partial charge on any atom is 0.307 e. The maximum absolute atomic E-state index is 10.9. The number of rotatable bonds is 3. The van der Waals surface area contributed by atoms with E-state index in [2.05, 4.69) is 0 Å². The molecule has 0 radical (unpaired) electrons. The molecule has 0 spiro atoms. The van der Waals surface area contributed by atoms with E-state index < -0.39 is 0 Å². The molecule has 1 rings (SSSR count). The lowest BCUT2D eigenvalue weighted by molar-refractivity contribution is 0.758. The van der Waals surface area contributed by atoms with Gasteiger partial charge >= 0.3 is 4.87 Å². The van der Waals surface area contributed by atoms with E-state index in [-0.39, 0.29) is 4.87 Å². The van der Waals surface area contributed by atoms with E-state index in [4.69, 9.17) is 0 Å². The quantitative estimate of drug-likeness (QED) is 0.690. The third-order valence-electron chi connectivity index (χ3n) is 1.18. The van der Waals surface area contributed by atoms with Gasteiger partial charge in [0.05, 0.1) is 0 Å². The van der Waals surface area contributed by atoms with Crippen molar-refractivity contribution < 1.29 is 0 Å². The van der Waals surface area contributed by atoms with Gasteiger partial charge in [-0.25, -0.2) is 0 Å². The standard InChI is InChI=1S/C6H9NOS2/c1-9-4-2-7-3-5-10-6(7)8/h3,5H,2,4H2,1H3. The summed E-state index contributed by atoms with van der Waals surface area (Å²) in [6.07, 6.45) is 3.88. The van der Waals surface area contributed by atoms with E-state index >= 15 is 0 Å². The van der Waals surface area contributed by atoms with Crippen molar-refractivity contribution in [2.45, 2.75) is 6.54 Å². The summed E-state index contributed by atoms with van der Waals surface area (Å²) >= 11 is 3.01. The minimum absolute atomic E-state index is 0.147. The van der Waals surface area contributed by atoms with Crippen LogP contribution >= 0.6 is 23.1 Å². The summed E-state index contributed by atoms with van der Waals surface area (Å²) < 4.78 is 1.74. The molecule has 1 aromatic rings. The summed E-state index contributed by atoms with van der Waals surface area (Å²) in [5.74, 6) is 1.01. The molecule has 56 valence electrons. The average molecular weight is 175 g/mol. The number of nitrogens with zero attached hydrogens (tertiary/aromatic N) is 1. The van der Waals surface area contributed by atoms with Gasteiger partial charge in [-0.1, -0.05) is 11.3 Å². The second-order valence-corrected chi connectivity index (χ2v) is 3.70. The number of thioether (sulfide) groups is 1. The van der Waals surface area contributed by atoms with Crippen molar-refractivity contribution in [2.75, 3.05) is 12.0 Å². The van der Waals surface area contributed by atoms with Crippen LogP contribution in [0.4, 0.5) is 0 Å². The van der Waals surface area contributed by atoms with Crippen LogP contribution in [0.3, 0.4) is 0 Å². The summed E-state index contributed by atoms with van der Waals surface area (Å²) in [4.78, 5) is 11.0. The van der Waals surface area contributed by atoms with Crippen LogP contribution in [0.25, 0.3) is 0 Å². The lowest BCUT2D eigenvalue weighted by Crippen LogP contribution is -2.12. The van der Waals surface area contributed by atoms with E-state index in [1.165, 1.54) is 11.3 Å². The highest BCUT2D eigenvalue weighted by Crippen LogP contribution is 1.94. The second-order valence-electron chi connectivity index (χ2n) is 1.86. The fraction of sp³-hybridized carbons (Fsp3) is 0.500. The molecular formula is C6H9NOS2. The molecule has 0 aromatic carbocycles. The zero-order chi connectivity index (χ0) is 7.40. The van der Waals surface area contributed by atoms with Gasteiger partial charge in [0.2, 0.25) is 0 Å². The van der Waals surface area contributed by atoms with Crippen LogP contribution < -0.4 is 4.87 Å². The molecule has 0 unspecified atom stereocenters. The molecule has 0 bridgehead atoms. The summed E-state index contributed by atoms with van der Waals surface area (Å²) in [5.41, 5.74) is 0. The Morgan fingerprint density at radius 3 is 3.10 bits per heavy atom. The Kier molecular flexibility index (Phi) is 3.02. The molecule has 0 fully saturated rings. The predicted octanol–water partition coefficient (Wildman–Crippen LogP) is 1.27. The SMILES string of the molecule is CSCCn1ccsc1=O. The average Bonchev–Trinajstić information content (AvgIpc) is 2.31. The Hall–Kier alpha value is -0.220. The normalized spacial score (nSPS) is 10.1. The van der Waals surface area contributed by atoms with Gasteiger partial charge in [0.1, 0.15) is 0 Å². The van der Waals surface area contributed by atoms with Gasteiger partial charge in [0, 0.05) is 23.9 Å². The first-order valence-corrected chi connectivity index (χ1v) is 5.25. The Morgan fingerprint density at radius 1 is 1.80 bits per heavy atom. The molecule has 0 aliphatic heterocycles. The van der Waals surface area contributed by atoms with Crippen molar-refractivity contribution in [1.82, 2.24) is 4.57 Å². The zero-order valence-electron chi connectivity index (χ0n) is 5.74. The van der Waals surface area contributed by atoms with Gasteiger partial charge in [-0.2, -0.15) is 11.8 Å². The van der Waals surface area contributed by atoms with Crippen molar-refractivity contribution in [2.24, 2.45) is 0 Å². The summed E-state index contributed by atoms with van der Waals surface area (Å²) in [7, 11) is 0. The minimum atomic E-state index is 0.147. The molecule has 0 saturated carbocycles. The Morgan fingerprint density at radius 2 is 2.60 bits per heavy atom. The van der Waals surface area contributed by atoms with E-state index in [0.29, 0.717) is 0 Å². The van der Waals surface area contributed by atoms with Crippen LogP contribution in [0.15, 0.2) is 16.4 Å². The fourth-order valence-corrected chi connectivity index (χ4v) is 1.64. The second kappa shape index (κ2) is 3.83. The molecular weight excluding hydrogens is 166 g/mol. The number of hydrogen-bond acceptors (Lipinski definition) is 3. The molecule has 0 aliphatic rings. The predicted molar refractivity (Wildman–Crippen MR) is 47.0 cm³/mol. The fourth-order valence-electron chi connectivity index (χ4n) is 0.646. The largest absolute Gasteiger partial charge is 0.307 e. The monoisotopic (exact) mass is 175 g/mol. The van der Waals surface area contributed by atoms with Crippen molar-refractivity contribution >= 4 is 23.1 Å². The molecule has 0 aliphatic carbocycles. The van der Waals surface area contributed by atoms with E-state index in [1.807, 2.05) is 17.8 Å². The lowest BCUT2D eigenvalue weighted by atomic mass is 10.7. The molecule has 0 amide bonds. The Balaban J connectivity index is 2.57. The molecule has 2 nitrogen and oxygen atoms in total. The van der Waals surface area contributed by atoms with Gasteiger partial charge in [-0.05, 0) is 6.26 Å². The highest BCUT2D eigenvalue weighted by atomic mass is 32.2. The van der Waals surface area contributed by atoms with Gasteiger partial charge in [-0.15, -0.1) is 0 Å². The minimum Gasteiger partial charge on any atom is -0.305 e.